The van der Waals surface area contributed by atoms with Crippen molar-refractivity contribution in [2.45, 2.75) is 115 Å². The first-order valence-electron chi connectivity index (χ1n) is 13.7. The summed E-state index contributed by atoms with van der Waals surface area (Å²) in [4.78, 5) is 0. The summed E-state index contributed by atoms with van der Waals surface area (Å²) in [5.41, 5.74) is 4.06. The van der Waals surface area contributed by atoms with E-state index in [9.17, 15) is 5.11 Å². The van der Waals surface area contributed by atoms with Crippen molar-refractivity contribution in [1.29, 1.82) is 0 Å². The molecule has 0 radical (unpaired) electrons. The second-order valence-electron chi connectivity index (χ2n) is 14.0. The lowest BCUT2D eigenvalue weighted by Crippen LogP contribution is -2.43. The van der Waals surface area contributed by atoms with Gasteiger partial charge in [-0.1, -0.05) is 59.7 Å². The molecule has 1 atom stereocenters. The topological polar surface area (TPSA) is 38.7 Å². The molecule has 0 amide bonds. The highest BCUT2D eigenvalue weighted by atomic mass is 28.4. The van der Waals surface area contributed by atoms with Gasteiger partial charge in [-0.15, -0.1) is 0 Å². The summed E-state index contributed by atoms with van der Waals surface area (Å²) in [6.45, 7) is 23.1. The smallest absolute Gasteiger partial charge is 0.250 e. The van der Waals surface area contributed by atoms with Gasteiger partial charge >= 0.3 is 0 Å². The van der Waals surface area contributed by atoms with E-state index in [2.05, 4.69) is 110 Å². The van der Waals surface area contributed by atoms with E-state index in [0.717, 1.165) is 43.6 Å². The number of fused-ring (bicyclic) bond motifs is 1. The fourth-order valence-corrected chi connectivity index (χ4v) is 6.79. The molecule has 0 heterocycles. The summed E-state index contributed by atoms with van der Waals surface area (Å²) < 4.78 is 13.2. The van der Waals surface area contributed by atoms with E-state index < -0.39 is 16.6 Å². The van der Waals surface area contributed by atoms with Crippen LogP contribution in [0.1, 0.15) is 77.5 Å². The number of hydrogen-bond donors (Lipinski definition) is 1. The molecule has 3 nitrogen and oxygen atoms in total. The van der Waals surface area contributed by atoms with Crippen molar-refractivity contribution >= 4 is 16.6 Å². The van der Waals surface area contributed by atoms with E-state index in [1.54, 1.807) is 0 Å². The minimum atomic E-state index is -1.88. The molecule has 2 aromatic rings. The first kappa shape index (κ1) is 29.0. The van der Waals surface area contributed by atoms with Crippen LogP contribution in [-0.2, 0) is 18.3 Å². The zero-order valence-corrected chi connectivity index (χ0v) is 26.5. The van der Waals surface area contributed by atoms with E-state index in [1.165, 1.54) is 16.7 Å². The third-order valence-electron chi connectivity index (χ3n) is 9.22. The fraction of sp³-hybridized carbons (Fsp3) is 0.613. The molecule has 1 unspecified atom stereocenters. The fourth-order valence-electron chi connectivity index (χ4n) is 4.73. The van der Waals surface area contributed by atoms with Crippen molar-refractivity contribution in [3.05, 3.63) is 59.2 Å². The third kappa shape index (κ3) is 6.28. The minimum Gasteiger partial charge on any atom is -0.544 e. The maximum atomic E-state index is 10.1. The molecule has 2 aromatic carbocycles. The normalized spacial score (nSPS) is 19.4. The van der Waals surface area contributed by atoms with Crippen molar-refractivity contribution in [3.8, 4) is 11.5 Å². The second kappa shape index (κ2) is 10.3. The molecule has 0 aliphatic heterocycles. The van der Waals surface area contributed by atoms with Gasteiger partial charge in [0.2, 0.25) is 16.6 Å². The van der Waals surface area contributed by atoms with E-state index >= 15 is 0 Å². The largest absolute Gasteiger partial charge is 0.544 e. The van der Waals surface area contributed by atoms with E-state index in [0.29, 0.717) is 0 Å². The Balaban J connectivity index is 1.88. The highest BCUT2D eigenvalue weighted by Crippen LogP contribution is 2.43. The second-order valence-corrected chi connectivity index (χ2v) is 23.4. The van der Waals surface area contributed by atoms with Crippen LogP contribution in [0.2, 0.25) is 36.3 Å². The van der Waals surface area contributed by atoms with Gasteiger partial charge in [-0.05, 0) is 109 Å². The Kier molecular flexibility index (Phi) is 8.30. The summed E-state index contributed by atoms with van der Waals surface area (Å²) in [5.74, 6) is 1.98. The van der Waals surface area contributed by atoms with E-state index in [-0.39, 0.29) is 22.1 Å². The number of aryl methyl sites for hydroxylation is 1. The van der Waals surface area contributed by atoms with Crippen LogP contribution in [0.25, 0.3) is 0 Å². The Morgan fingerprint density at radius 2 is 1.31 bits per heavy atom. The summed E-state index contributed by atoms with van der Waals surface area (Å²) >= 11 is 0. The molecule has 36 heavy (non-hydrogen) atoms. The van der Waals surface area contributed by atoms with Gasteiger partial charge in [0, 0.05) is 12.0 Å². The molecule has 0 fully saturated rings. The Morgan fingerprint density at radius 1 is 0.778 bits per heavy atom. The molecule has 200 valence electrons. The van der Waals surface area contributed by atoms with E-state index in [4.69, 9.17) is 8.85 Å². The van der Waals surface area contributed by atoms with Gasteiger partial charge in [0.25, 0.3) is 0 Å². The molecule has 0 saturated carbocycles. The molecule has 5 heteroatoms. The average molecular weight is 527 g/mol. The van der Waals surface area contributed by atoms with E-state index in [1.807, 2.05) is 0 Å². The first-order valence-corrected chi connectivity index (χ1v) is 19.5. The van der Waals surface area contributed by atoms with Gasteiger partial charge in [0.05, 0.1) is 0 Å². The number of hydrogen-bond acceptors (Lipinski definition) is 3. The molecule has 3 rings (SSSR count). The zero-order valence-electron chi connectivity index (χ0n) is 24.5. The first-order chi connectivity index (χ1) is 16.5. The van der Waals surface area contributed by atoms with Crippen LogP contribution in [0.15, 0.2) is 42.5 Å². The average Bonchev–Trinajstić information content (AvgIpc) is 2.92. The number of aliphatic hydroxyl groups excluding tert-OH is 1. The molecular formula is C31H50O3Si2. The van der Waals surface area contributed by atoms with Gasteiger partial charge in [-0.25, -0.2) is 0 Å². The predicted molar refractivity (Wildman–Crippen MR) is 159 cm³/mol. The van der Waals surface area contributed by atoms with Crippen molar-refractivity contribution in [1.82, 2.24) is 0 Å². The lowest BCUT2D eigenvalue weighted by atomic mass is 9.71. The lowest BCUT2D eigenvalue weighted by Gasteiger charge is -2.37. The van der Waals surface area contributed by atoms with Gasteiger partial charge in [-0.3, -0.25) is 0 Å². The standard InChI is InChI=1S/C31H50O3Si2/c1-29(2,3)35(7,8)33-27-17-14-26(15-18-27)31(20-21-32)19-11-12-24-22-28(16-13-25(24)23-31)34-36(9,10)30(4,5)6/h13-18,22,32H,11-12,19-21,23H2,1-10H3. The summed E-state index contributed by atoms with van der Waals surface area (Å²) in [7, 11) is -3.75. The van der Waals surface area contributed by atoms with Gasteiger partial charge in [0.15, 0.2) is 0 Å². The minimum absolute atomic E-state index is 0.0582. The maximum absolute atomic E-state index is 10.1. The van der Waals surface area contributed by atoms with Gasteiger partial charge in [0.1, 0.15) is 11.5 Å². The molecule has 1 N–H and O–H groups in total. The van der Waals surface area contributed by atoms with Crippen molar-refractivity contribution in [3.63, 3.8) is 0 Å². The predicted octanol–water partition coefficient (Wildman–Crippen LogP) is 8.65. The highest BCUT2D eigenvalue weighted by Gasteiger charge is 2.40. The molecule has 0 bridgehead atoms. The highest BCUT2D eigenvalue weighted by molar-refractivity contribution is 6.75. The molecule has 1 aliphatic rings. The Morgan fingerprint density at radius 3 is 1.83 bits per heavy atom. The summed E-state index contributed by atoms with van der Waals surface area (Å²) in [6, 6.07) is 15.5. The number of rotatable bonds is 7. The zero-order chi connectivity index (χ0) is 27.0. The van der Waals surface area contributed by atoms with Crippen LogP contribution in [0, 0.1) is 0 Å². The SMILES string of the molecule is CC(C)(C)[Si](C)(C)Oc1ccc(C2(CCO)CCCc3cc(O[Si](C)(C)C(C)(C)C)ccc3C2)cc1. The third-order valence-corrected chi connectivity index (χ3v) is 17.9. The number of aliphatic hydroxyl groups is 1. The van der Waals surface area contributed by atoms with Crippen LogP contribution < -0.4 is 8.85 Å². The van der Waals surface area contributed by atoms with Crippen LogP contribution in [-0.4, -0.2) is 28.3 Å². The Bertz CT molecular complexity index is 1030. The summed E-state index contributed by atoms with van der Waals surface area (Å²) in [6.07, 6.45) is 4.97. The molecular weight excluding hydrogens is 477 g/mol. The monoisotopic (exact) mass is 526 g/mol. The summed E-state index contributed by atoms with van der Waals surface area (Å²) in [5, 5.41) is 10.4. The van der Waals surface area contributed by atoms with Crippen LogP contribution in [0.3, 0.4) is 0 Å². The van der Waals surface area contributed by atoms with Crippen LogP contribution >= 0.6 is 0 Å². The molecule has 1 aliphatic carbocycles. The Labute approximate surface area is 222 Å². The Hall–Kier alpha value is -1.57. The molecule has 0 saturated heterocycles. The lowest BCUT2D eigenvalue weighted by molar-refractivity contribution is 0.227. The number of benzene rings is 2. The molecule has 0 aromatic heterocycles. The quantitative estimate of drug-likeness (QED) is 0.290. The molecule has 0 spiro atoms. The van der Waals surface area contributed by atoms with Crippen molar-refractivity contribution in [2.75, 3.05) is 6.61 Å². The maximum Gasteiger partial charge on any atom is 0.250 e. The van der Waals surface area contributed by atoms with Crippen LogP contribution in [0.5, 0.6) is 11.5 Å². The van der Waals surface area contributed by atoms with Crippen molar-refractivity contribution < 1.29 is 14.0 Å². The van der Waals surface area contributed by atoms with Gasteiger partial charge < -0.3 is 14.0 Å². The van der Waals surface area contributed by atoms with Gasteiger partial charge in [-0.2, -0.15) is 0 Å². The van der Waals surface area contributed by atoms with Crippen LogP contribution in [0.4, 0.5) is 0 Å². The van der Waals surface area contributed by atoms with Crippen molar-refractivity contribution in [2.24, 2.45) is 0 Å².